The lowest BCUT2D eigenvalue weighted by atomic mass is 9.95. The van der Waals surface area contributed by atoms with Crippen LogP contribution in [0.1, 0.15) is 38.5 Å². The van der Waals surface area contributed by atoms with Crippen molar-refractivity contribution in [1.29, 1.82) is 0 Å². The van der Waals surface area contributed by atoms with Crippen LogP contribution in [0.4, 0.5) is 0 Å². The van der Waals surface area contributed by atoms with Crippen molar-refractivity contribution in [1.82, 2.24) is 4.57 Å². The third kappa shape index (κ3) is 1.99. The van der Waals surface area contributed by atoms with Gasteiger partial charge in [0, 0.05) is 30.0 Å². The molecule has 0 fully saturated rings. The zero-order chi connectivity index (χ0) is 15.9. The van der Waals surface area contributed by atoms with Crippen LogP contribution in [0.5, 0.6) is 0 Å². The number of nitrogens with zero attached hydrogens (tertiary/aromatic N) is 1. The summed E-state index contributed by atoms with van der Waals surface area (Å²) >= 11 is 0. The van der Waals surface area contributed by atoms with Gasteiger partial charge >= 0.3 is 5.97 Å². The van der Waals surface area contributed by atoms with Crippen LogP contribution in [0.15, 0.2) is 24.5 Å². The molecule has 0 radical (unpaired) electrons. The molecular weight excluding hydrogens is 286 g/mol. The highest BCUT2D eigenvalue weighted by molar-refractivity contribution is 6.24. The van der Waals surface area contributed by atoms with Gasteiger partial charge in [0.05, 0.1) is 12.7 Å². The van der Waals surface area contributed by atoms with Gasteiger partial charge in [-0.05, 0) is 12.8 Å². The average Bonchev–Trinajstić information content (AvgIpc) is 3.09. The Bertz CT molecular complexity index is 738. The predicted molar refractivity (Wildman–Crippen MR) is 76.5 cm³/mol. The van der Waals surface area contributed by atoms with Gasteiger partial charge in [-0.1, -0.05) is 6.58 Å². The highest BCUT2D eigenvalue weighted by atomic mass is 16.5. The van der Waals surface area contributed by atoms with Crippen LogP contribution in [0, 0.1) is 0 Å². The fourth-order valence-electron chi connectivity index (χ4n) is 3.04. The van der Waals surface area contributed by atoms with Gasteiger partial charge in [0.2, 0.25) is 11.6 Å². The maximum absolute atomic E-state index is 12.5. The molecule has 0 atom stereocenters. The van der Waals surface area contributed by atoms with E-state index in [4.69, 9.17) is 9.47 Å². The first-order valence-corrected chi connectivity index (χ1v) is 6.96. The van der Waals surface area contributed by atoms with Crippen molar-refractivity contribution in [2.45, 2.75) is 26.0 Å². The zero-order valence-corrected chi connectivity index (χ0v) is 12.2. The first-order valence-electron chi connectivity index (χ1n) is 6.96. The van der Waals surface area contributed by atoms with Crippen molar-refractivity contribution < 1.29 is 23.9 Å². The second kappa shape index (κ2) is 5.29. The normalized spacial score (nSPS) is 16.0. The smallest absolute Gasteiger partial charge is 0.330 e. The van der Waals surface area contributed by atoms with Crippen LogP contribution in [0.25, 0.3) is 0 Å². The molecule has 2 aliphatic rings. The van der Waals surface area contributed by atoms with E-state index in [1.54, 1.807) is 0 Å². The van der Waals surface area contributed by atoms with Gasteiger partial charge < -0.3 is 14.0 Å². The van der Waals surface area contributed by atoms with Crippen LogP contribution in [0.2, 0.25) is 0 Å². The van der Waals surface area contributed by atoms with E-state index in [0.717, 1.165) is 24.6 Å². The molecule has 1 aromatic heterocycles. The van der Waals surface area contributed by atoms with Crippen molar-refractivity contribution in [3.05, 3.63) is 47.0 Å². The van der Waals surface area contributed by atoms with Gasteiger partial charge in [-0.15, -0.1) is 0 Å². The van der Waals surface area contributed by atoms with E-state index in [9.17, 15) is 14.4 Å². The molecule has 114 valence electrons. The van der Waals surface area contributed by atoms with Crippen molar-refractivity contribution in [3.63, 3.8) is 0 Å². The van der Waals surface area contributed by atoms with E-state index < -0.39 is 5.97 Å². The van der Waals surface area contributed by atoms with Crippen molar-refractivity contribution in [2.24, 2.45) is 0 Å². The molecule has 3 rings (SSSR count). The Hall–Kier alpha value is -2.63. The molecule has 6 heteroatoms. The molecule has 0 saturated heterocycles. The summed E-state index contributed by atoms with van der Waals surface area (Å²) in [5, 5.41) is 0. The minimum atomic E-state index is -0.566. The number of hydrogen-bond acceptors (Lipinski definition) is 5. The molecule has 6 nitrogen and oxygen atoms in total. The second-order valence-electron chi connectivity index (χ2n) is 5.12. The number of ether oxygens (including phenoxy) is 2. The number of hydrogen-bond donors (Lipinski definition) is 0. The van der Waals surface area contributed by atoms with E-state index in [1.165, 1.54) is 13.2 Å². The van der Waals surface area contributed by atoms with Gasteiger partial charge in [0.1, 0.15) is 12.3 Å². The zero-order valence-electron chi connectivity index (χ0n) is 12.2. The third-order valence-electron chi connectivity index (χ3n) is 3.97. The minimum Gasteiger partial charge on any atom is -0.492 e. The summed E-state index contributed by atoms with van der Waals surface area (Å²) in [5.74, 6) is -1.15. The number of allylic oxidation sites excluding steroid dienone is 2. The van der Waals surface area contributed by atoms with Crippen LogP contribution in [0.3, 0.4) is 0 Å². The van der Waals surface area contributed by atoms with E-state index in [-0.39, 0.29) is 23.9 Å². The summed E-state index contributed by atoms with van der Waals surface area (Å²) in [5.41, 5.74) is 2.16. The number of Topliss-reactive ketones (excluding diaryl/α,β-unsaturated/α-hetero) is 1. The van der Waals surface area contributed by atoms with Gasteiger partial charge in [0.25, 0.3) is 0 Å². The summed E-state index contributed by atoms with van der Waals surface area (Å²) in [4.78, 5) is 36.1. The van der Waals surface area contributed by atoms with E-state index in [0.29, 0.717) is 23.4 Å². The Morgan fingerprint density at radius 2 is 2.23 bits per heavy atom. The number of rotatable bonds is 4. The Morgan fingerprint density at radius 1 is 1.45 bits per heavy atom. The average molecular weight is 301 g/mol. The number of carbonyl (C=O) groups excluding carboxylic acids is 3. The summed E-state index contributed by atoms with van der Waals surface area (Å²) in [6, 6.07) is 0. The first-order chi connectivity index (χ1) is 10.6. The Balaban J connectivity index is 2.10. The summed E-state index contributed by atoms with van der Waals surface area (Å²) in [6.07, 6.45) is 3.93. The molecule has 0 aromatic carbocycles. The lowest BCUT2D eigenvalue weighted by Gasteiger charge is -2.14. The molecule has 0 unspecified atom stereocenters. The lowest BCUT2D eigenvalue weighted by Crippen LogP contribution is -2.20. The summed E-state index contributed by atoms with van der Waals surface area (Å²) < 4.78 is 11.9. The quantitative estimate of drug-likeness (QED) is 0.623. The Labute approximate surface area is 127 Å². The first kappa shape index (κ1) is 14.3. The minimum absolute atomic E-state index is 0.0121. The fraction of sp³-hybridized carbons (Fsp3) is 0.312. The van der Waals surface area contributed by atoms with E-state index >= 15 is 0 Å². The van der Waals surface area contributed by atoms with Crippen LogP contribution in [-0.4, -0.2) is 29.2 Å². The molecule has 1 aromatic rings. The Morgan fingerprint density at radius 3 is 2.91 bits per heavy atom. The van der Waals surface area contributed by atoms with Gasteiger partial charge in [0.15, 0.2) is 5.76 Å². The predicted octanol–water partition coefficient (Wildman–Crippen LogP) is 1.57. The Kier molecular flexibility index (Phi) is 3.44. The summed E-state index contributed by atoms with van der Waals surface area (Å²) in [6.45, 7) is 3.98. The number of esters is 1. The summed E-state index contributed by atoms with van der Waals surface area (Å²) in [7, 11) is 1.35. The number of fused-ring (bicyclic) bond motifs is 3. The van der Waals surface area contributed by atoms with Crippen LogP contribution >= 0.6 is 0 Å². The van der Waals surface area contributed by atoms with Gasteiger partial charge in [-0.25, -0.2) is 4.79 Å². The van der Waals surface area contributed by atoms with Crippen molar-refractivity contribution >= 4 is 17.5 Å². The van der Waals surface area contributed by atoms with Crippen molar-refractivity contribution in [2.75, 3.05) is 7.11 Å². The number of aromatic nitrogens is 1. The fourth-order valence-corrected chi connectivity index (χ4v) is 3.04. The maximum Gasteiger partial charge on any atom is 0.330 e. The molecule has 22 heavy (non-hydrogen) atoms. The van der Waals surface area contributed by atoms with Crippen molar-refractivity contribution in [3.8, 4) is 0 Å². The molecule has 0 bridgehead atoms. The SMILES string of the molecule is C=CC(=O)OCc1c2c(n3c1CCC3)C(=O)C=C(OC)C2=O. The molecule has 0 spiro atoms. The second-order valence-corrected chi connectivity index (χ2v) is 5.12. The number of methoxy groups -OCH3 is 1. The molecule has 1 aliphatic heterocycles. The third-order valence-corrected chi connectivity index (χ3v) is 3.97. The highest BCUT2D eigenvalue weighted by Gasteiger charge is 2.37. The van der Waals surface area contributed by atoms with Gasteiger partial charge in [-0.3, -0.25) is 9.59 Å². The standard InChI is InChI=1S/C16H15NO5/c1-3-13(19)22-8-9-10-5-4-6-17(10)15-11(18)7-12(21-2)16(20)14(9)15/h3,7H,1,4-6,8H2,2H3. The molecular formula is C16H15NO5. The highest BCUT2D eigenvalue weighted by Crippen LogP contribution is 2.34. The van der Waals surface area contributed by atoms with E-state index in [1.807, 2.05) is 4.57 Å². The number of carbonyl (C=O) groups is 3. The van der Waals surface area contributed by atoms with Crippen LogP contribution < -0.4 is 0 Å². The molecule has 0 amide bonds. The molecule has 2 heterocycles. The lowest BCUT2D eigenvalue weighted by molar-refractivity contribution is -0.139. The largest absolute Gasteiger partial charge is 0.492 e. The van der Waals surface area contributed by atoms with Gasteiger partial charge in [-0.2, -0.15) is 0 Å². The molecule has 0 N–H and O–H groups in total. The number of ketones is 2. The maximum atomic E-state index is 12.5. The topological polar surface area (TPSA) is 74.6 Å². The monoisotopic (exact) mass is 301 g/mol. The van der Waals surface area contributed by atoms with Crippen LogP contribution in [-0.2, 0) is 33.8 Å². The molecule has 0 saturated carbocycles. The molecule has 1 aliphatic carbocycles. The van der Waals surface area contributed by atoms with E-state index in [2.05, 4.69) is 6.58 Å².